The summed E-state index contributed by atoms with van der Waals surface area (Å²) in [6, 6.07) is 12.5. The van der Waals surface area contributed by atoms with Gasteiger partial charge >= 0.3 is 0 Å². The topological polar surface area (TPSA) is 150 Å². The number of nitrogens with zero attached hydrogens (tertiary/aromatic N) is 3. The Labute approximate surface area is 192 Å². The quantitative estimate of drug-likeness (QED) is 0.289. The third kappa shape index (κ3) is 6.07. The van der Waals surface area contributed by atoms with Crippen molar-refractivity contribution in [2.45, 2.75) is 25.8 Å². The van der Waals surface area contributed by atoms with Gasteiger partial charge in [-0.15, -0.1) is 0 Å². The number of benzene rings is 2. The fraction of sp³-hybridized carbons (Fsp3) is 0.304. The summed E-state index contributed by atoms with van der Waals surface area (Å²) < 4.78 is 0. The number of hydrogen-bond donors (Lipinski definition) is 6. The Kier molecular flexibility index (Phi) is 6.84. The molecule has 1 saturated heterocycles. The Balaban J connectivity index is 1.53. The molecule has 2 aromatic carbocycles. The summed E-state index contributed by atoms with van der Waals surface area (Å²) in [4.78, 5) is 25.1. The van der Waals surface area contributed by atoms with E-state index in [4.69, 9.17) is 5.73 Å². The number of amides is 1. The van der Waals surface area contributed by atoms with Crippen LogP contribution in [0.4, 0.5) is 23.5 Å². The van der Waals surface area contributed by atoms with Gasteiger partial charge in [-0.1, -0.05) is 18.2 Å². The molecule has 2 heterocycles. The van der Waals surface area contributed by atoms with Crippen LogP contribution in [-0.2, 0) is 6.42 Å². The fourth-order valence-corrected chi connectivity index (χ4v) is 3.55. The molecule has 0 unspecified atom stereocenters. The van der Waals surface area contributed by atoms with Crippen LogP contribution in [0, 0.1) is 6.92 Å². The van der Waals surface area contributed by atoms with E-state index in [-0.39, 0.29) is 11.8 Å². The minimum absolute atomic E-state index is 0.241. The number of rotatable bonds is 9. The van der Waals surface area contributed by atoms with Gasteiger partial charge in [0.25, 0.3) is 0 Å². The number of nitrogens with two attached hydrogens (primary N) is 1. The van der Waals surface area contributed by atoms with Crippen molar-refractivity contribution in [2.24, 2.45) is 5.73 Å². The highest BCUT2D eigenvalue weighted by molar-refractivity contribution is 5.94. The molecule has 7 N–H and O–H groups in total. The van der Waals surface area contributed by atoms with Crippen LogP contribution in [0.2, 0.25) is 0 Å². The maximum atomic E-state index is 11.6. The predicted octanol–water partition coefficient (Wildman–Crippen LogP) is 2.16. The van der Waals surface area contributed by atoms with Gasteiger partial charge in [-0.2, -0.15) is 15.0 Å². The van der Waals surface area contributed by atoms with E-state index in [1.165, 1.54) is 0 Å². The Morgan fingerprint density at radius 1 is 1.12 bits per heavy atom. The second-order valence-electron chi connectivity index (χ2n) is 8.00. The zero-order valence-corrected chi connectivity index (χ0v) is 18.4. The highest BCUT2D eigenvalue weighted by Gasteiger charge is 2.17. The molecule has 0 radical (unpaired) electrons. The highest BCUT2D eigenvalue weighted by Crippen LogP contribution is 2.22. The highest BCUT2D eigenvalue weighted by atomic mass is 16.3. The molecule has 0 spiro atoms. The first-order valence-corrected chi connectivity index (χ1v) is 10.9. The van der Waals surface area contributed by atoms with Crippen molar-refractivity contribution in [3.05, 3.63) is 59.2 Å². The van der Waals surface area contributed by atoms with Gasteiger partial charge in [0.05, 0.1) is 0 Å². The monoisotopic (exact) mass is 448 g/mol. The minimum atomic E-state index is -0.499. The molecule has 1 amide bonds. The molecule has 1 aromatic heterocycles. The van der Waals surface area contributed by atoms with E-state index in [1.54, 1.807) is 24.3 Å². The van der Waals surface area contributed by atoms with E-state index in [0.29, 0.717) is 35.6 Å². The number of aromatic nitrogens is 3. The molecular weight excluding hydrogens is 420 g/mol. The van der Waals surface area contributed by atoms with Crippen LogP contribution >= 0.6 is 0 Å². The Morgan fingerprint density at radius 3 is 2.61 bits per heavy atom. The Morgan fingerprint density at radius 2 is 1.88 bits per heavy atom. The van der Waals surface area contributed by atoms with Crippen molar-refractivity contribution in [1.82, 2.24) is 20.3 Å². The summed E-state index contributed by atoms with van der Waals surface area (Å²) in [5.41, 5.74) is 8.54. The molecule has 1 aliphatic heterocycles. The second-order valence-corrected chi connectivity index (χ2v) is 8.00. The van der Waals surface area contributed by atoms with Gasteiger partial charge in [-0.3, -0.25) is 4.79 Å². The van der Waals surface area contributed by atoms with Gasteiger partial charge in [0.15, 0.2) is 0 Å². The van der Waals surface area contributed by atoms with Gasteiger partial charge in [-0.25, -0.2) is 0 Å². The van der Waals surface area contributed by atoms with Crippen LogP contribution in [0.25, 0.3) is 0 Å². The standard InChI is InChI=1S/C23H28N8O2/c1-14-2-5-16(20(24)33)12-19(14)28-23-30-21(26-11-8-15-3-6-18(32)7-4-15)29-22(31-23)27-17-9-10-25-13-17/h2-7,12,17,25,32H,8-11,13H2,1H3,(H2,24,33)(H3,26,27,28,29,30,31)/t17-/m0/s1. The molecule has 1 atom stereocenters. The SMILES string of the molecule is Cc1ccc(C(N)=O)cc1Nc1nc(NCCc2ccc(O)cc2)nc(N[C@H]2CCNC2)n1. The zero-order chi connectivity index (χ0) is 23.2. The molecular formula is C23H28N8O2. The van der Waals surface area contributed by atoms with Crippen molar-refractivity contribution < 1.29 is 9.90 Å². The maximum absolute atomic E-state index is 11.6. The van der Waals surface area contributed by atoms with Crippen LogP contribution < -0.4 is 27.0 Å². The normalized spacial score (nSPS) is 15.2. The number of nitrogens with one attached hydrogen (secondary N) is 4. The Bertz CT molecular complexity index is 1110. The lowest BCUT2D eigenvalue weighted by atomic mass is 10.1. The number of phenols is 1. The van der Waals surface area contributed by atoms with Crippen molar-refractivity contribution in [3.63, 3.8) is 0 Å². The van der Waals surface area contributed by atoms with Crippen molar-refractivity contribution in [2.75, 3.05) is 35.6 Å². The molecule has 0 saturated carbocycles. The largest absolute Gasteiger partial charge is 0.508 e. The van der Waals surface area contributed by atoms with E-state index in [0.717, 1.165) is 37.1 Å². The number of hydrogen-bond acceptors (Lipinski definition) is 9. The molecule has 0 bridgehead atoms. The third-order valence-corrected chi connectivity index (χ3v) is 5.43. The maximum Gasteiger partial charge on any atom is 0.248 e. The lowest BCUT2D eigenvalue weighted by molar-refractivity contribution is 0.100. The zero-order valence-electron chi connectivity index (χ0n) is 18.4. The summed E-state index contributed by atoms with van der Waals surface area (Å²) in [6.45, 7) is 4.33. The molecule has 172 valence electrons. The van der Waals surface area contributed by atoms with Crippen molar-refractivity contribution in [1.29, 1.82) is 0 Å². The number of carbonyl (C=O) groups is 1. The Hall–Kier alpha value is -3.92. The summed E-state index contributed by atoms with van der Waals surface area (Å²) in [7, 11) is 0. The van der Waals surface area contributed by atoms with E-state index < -0.39 is 5.91 Å². The van der Waals surface area contributed by atoms with Gasteiger partial charge in [0.2, 0.25) is 23.8 Å². The molecule has 0 aliphatic carbocycles. The molecule has 1 fully saturated rings. The lowest BCUT2D eigenvalue weighted by Gasteiger charge is -2.15. The minimum Gasteiger partial charge on any atom is -0.508 e. The summed E-state index contributed by atoms with van der Waals surface area (Å²) in [5, 5.41) is 22.6. The first-order valence-electron chi connectivity index (χ1n) is 10.9. The number of phenolic OH excluding ortho intramolecular Hbond substituents is 1. The van der Waals surface area contributed by atoms with Crippen LogP contribution in [0.15, 0.2) is 42.5 Å². The number of carbonyl (C=O) groups excluding carboxylic acids is 1. The molecule has 10 heteroatoms. The van der Waals surface area contributed by atoms with Gasteiger partial charge < -0.3 is 32.1 Å². The third-order valence-electron chi connectivity index (χ3n) is 5.43. The molecule has 3 aromatic rings. The average molecular weight is 449 g/mol. The van der Waals surface area contributed by atoms with Crippen LogP contribution in [-0.4, -0.2) is 51.6 Å². The molecule has 10 nitrogen and oxygen atoms in total. The van der Waals surface area contributed by atoms with E-state index in [1.807, 2.05) is 25.1 Å². The van der Waals surface area contributed by atoms with Crippen molar-refractivity contribution in [3.8, 4) is 5.75 Å². The van der Waals surface area contributed by atoms with E-state index in [2.05, 4.69) is 36.2 Å². The van der Waals surface area contributed by atoms with Crippen LogP contribution in [0.1, 0.15) is 27.9 Å². The molecule has 1 aliphatic rings. The molecule has 33 heavy (non-hydrogen) atoms. The van der Waals surface area contributed by atoms with Gasteiger partial charge in [0.1, 0.15) is 5.75 Å². The van der Waals surface area contributed by atoms with Crippen LogP contribution in [0.5, 0.6) is 5.75 Å². The number of aromatic hydroxyl groups is 1. The van der Waals surface area contributed by atoms with E-state index in [9.17, 15) is 9.90 Å². The average Bonchev–Trinajstić information content (AvgIpc) is 3.29. The summed E-state index contributed by atoms with van der Waals surface area (Å²) in [6.07, 6.45) is 1.72. The fourth-order valence-electron chi connectivity index (χ4n) is 3.55. The predicted molar refractivity (Wildman–Crippen MR) is 128 cm³/mol. The van der Waals surface area contributed by atoms with Crippen LogP contribution in [0.3, 0.4) is 0 Å². The van der Waals surface area contributed by atoms with Gasteiger partial charge in [-0.05, 0) is 61.7 Å². The van der Waals surface area contributed by atoms with Gasteiger partial charge in [0, 0.05) is 30.4 Å². The summed E-state index contributed by atoms with van der Waals surface area (Å²) >= 11 is 0. The summed E-state index contributed by atoms with van der Waals surface area (Å²) in [5.74, 6) is 1.00. The number of primary amides is 1. The second kappa shape index (κ2) is 10.1. The molecule has 4 rings (SSSR count). The number of anilines is 4. The smallest absolute Gasteiger partial charge is 0.248 e. The lowest BCUT2D eigenvalue weighted by Crippen LogP contribution is -2.24. The number of aryl methyl sites for hydroxylation is 1. The first-order chi connectivity index (χ1) is 16.0. The van der Waals surface area contributed by atoms with E-state index >= 15 is 0 Å². The first kappa shape index (κ1) is 22.3. The van der Waals surface area contributed by atoms with Crippen molar-refractivity contribution >= 4 is 29.4 Å².